The molecule has 0 saturated heterocycles. The summed E-state index contributed by atoms with van der Waals surface area (Å²) in [5.74, 6) is -1.48. The van der Waals surface area contributed by atoms with Gasteiger partial charge in [-0.25, -0.2) is 9.18 Å². The number of carboxylic acids is 1. The normalized spacial score (nSPS) is 13.6. The number of benzene rings is 2. The van der Waals surface area contributed by atoms with Gasteiger partial charge in [0.15, 0.2) is 0 Å². The Morgan fingerprint density at radius 3 is 1.88 bits per heavy atom. The first-order chi connectivity index (χ1) is 11.2. The number of rotatable bonds is 4. The van der Waals surface area contributed by atoms with Crippen LogP contribution in [0.25, 0.3) is 0 Å². The van der Waals surface area contributed by atoms with Gasteiger partial charge in [-0.2, -0.15) is 0 Å². The SMILES string of the molecule is CC(=CC(c1ccc(F)cc1)c1ccc(C(C)(C)C)cc1)C(=O)O. The molecule has 24 heavy (non-hydrogen) atoms. The molecule has 0 saturated carbocycles. The second-order valence-electron chi connectivity index (χ2n) is 7.06. The maximum Gasteiger partial charge on any atom is 0.330 e. The van der Waals surface area contributed by atoms with Crippen LogP contribution in [0.5, 0.6) is 0 Å². The van der Waals surface area contributed by atoms with E-state index in [4.69, 9.17) is 0 Å². The van der Waals surface area contributed by atoms with Crippen LogP contribution in [-0.2, 0) is 10.2 Å². The number of aliphatic carboxylic acids is 1. The molecule has 2 nitrogen and oxygen atoms in total. The number of allylic oxidation sites excluding steroid dienone is 1. The van der Waals surface area contributed by atoms with Crippen LogP contribution in [0.1, 0.15) is 50.3 Å². The van der Waals surface area contributed by atoms with Crippen LogP contribution in [0.2, 0.25) is 0 Å². The molecule has 0 aliphatic carbocycles. The highest BCUT2D eigenvalue weighted by molar-refractivity contribution is 5.86. The van der Waals surface area contributed by atoms with Crippen molar-refractivity contribution in [1.29, 1.82) is 0 Å². The third-order valence-electron chi connectivity index (χ3n) is 4.12. The molecule has 0 aliphatic heterocycles. The highest BCUT2D eigenvalue weighted by atomic mass is 19.1. The fraction of sp³-hybridized carbons (Fsp3) is 0.286. The van der Waals surface area contributed by atoms with E-state index >= 15 is 0 Å². The second-order valence-corrected chi connectivity index (χ2v) is 7.06. The van der Waals surface area contributed by atoms with E-state index in [1.54, 1.807) is 25.1 Å². The smallest absolute Gasteiger partial charge is 0.330 e. The number of hydrogen-bond donors (Lipinski definition) is 1. The summed E-state index contributed by atoms with van der Waals surface area (Å²) in [5, 5.41) is 9.19. The molecule has 0 radical (unpaired) electrons. The minimum absolute atomic E-state index is 0.0523. The van der Waals surface area contributed by atoms with E-state index in [0.29, 0.717) is 0 Å². The lowest BCUT2D eigenvalue weighted by atomic mass is 9.84. The minimum Gasteiger partial charge on any atom is -0.478 e. The molecule has 1 N–H and O–H groups in total. The molecular formula is C21H23FO2. The van der Waals surface area contributed by atoms with Crippen molar-refractivity contribution in [3.63, 3.8) is 0 Å². The summed E-state index contributed by atoms with van der Waals surface area (Å²) < 4.78 is 13.2. The van der Waals surface area contributed by atoms with E-state index in [-0.39, 0.29) is 22.7 Å². The Kier molecular flexibility index (Phi) is 5.23. The highest BCUT2D eigenvalue weighted by Gasteiger charge is 2.17. The number of carboxylic acid groups (broad SMARTS) is 1. The zero-order chi connectivity index (χ0) is 17.9. The Balaban J connectivity index is 2.48. The number of hydrogen-bond acceptors (Lipinski definition) is 1. The largest absolute Gasteiger partial charge is 0.478 e. The van der Waals surface area contributed by atoms with Crippen molar-refractivity contribution >= 4 is 5.97 Å². The van der Waals surface area contributed by atoms with Crippen LogP contribution in [0.3, 0.4) is 0 Å². The summed E-state index contributed by atoms with van der Waals surface area (Å²) in [5.41, 5.74) is 3.37. The molecule has 1 unspecified atom stereocenters. The first kappa shape index (κ1) is 17.9. The average Bonchev–Trinajstić information content (AvgIpc) is 2.52. The monoisotopic (exact) mass is 326 g/mol. The fourth-order valence-corrected chi connectivity index (χ4v) is 2.57. The molecule has 2 rings (SSSR count). The van der Waals surface area contributed by atoms with Gasteiger partial charge in [-0.3, -0.25) is 0 Å². The van der Waals surface area contributed by atoms with Gasteiger partial charge in [-0.05, 0) is 41.2 Å². The first-order valence-electron chi connectivity index (χ1n) is 7.96. The molecule has 0 bridgehead atoms. The van der Waals surface area contributed by atoms with E-state index in [9.17, 15) is 14.3 Å². The van der Waals surface area contributed by atoms with Crippen LogP contribution in [0, 0.1) is 5.82 Å². The second kappa shape index (κ2) is 7.00. The Morgan fingerprint density at radius 2 is 1.46 bits per heavy atom. The summed E-state index contributed by atoms with van der Waals surface area (Å²) in [6.45, 7) is 8.01. The molecular weight excluding hydrogens is 303 g/mol. The highest BCUT2D eigenvalue weighted by Crippen LogP contribution is 2.30. The van der Waals surface area contributed by atoms with Crippen LogP contribution in [0.15, 0.2) is 60.2 Å². The summed E-state index contributed by atoms with van der Waals surface area (Å²) in [7, 11) is 0. The van der Waals surface area contributed by atoms with Gasteiger partial charge in [-0.1, -0.05) is 63.2 Å². The van der Waals surface area contributed by atoms with Gasteiger partial charge in [0.05, 0.1) is 0 Å². The third kappa shape index (κ3) is 4.31. The lowest BCUT2D eigenvalue weighted by molar-refractivity contribution is -0.132. The lowest BCUT2D eigenvalue weighted by Gasteiger charge is -2.21. The number of halogens is 1. The predicted octanol–water partition coefficient (Wildman–Crippen LogP) is 5.29. The Bertz CT molecular complexity index is 735. The van der Waals surface area contributed by atoms with Crippen LogP contribution in [0.4, 0.5) is 4.39 Å². The van der Waals surface area contributed by atoms with Crippen molar-refractivity contribution in [2.45, 2.75) is 39.0 Å². The number of carbonyl (C=O) groups is 1. The molecule has 0 aliphatic rings. The van der Waals surface area contributed by atoms with E-state index in [1.807, 2.05) is 12.1 Å². The maximum atomic E-state index is 13.2. The summed E-state index contributed by atoms with van der Waals surface area (Å²) >= 11 is 0. The molecule has 0 amide bonds. The van der Waals surface area contributed by atoms with Crippen molar-refractivity contribution in [1.82, 2.24) is 0 Å². The molecule has 2 aromatic rings. The lowest BCUT2D eigenvalue weighted by Crippen LogP contribution is -2.11. The summed E-state index contributed by atoms with van der Waals surface area (Å²) in [6.07, 6.45) is 1.71. The van der Waals surface area contributed by atoms with E-state index in [2.05, 4.69) is 32.9 Å². The summed E-state index contributed by atoms with van der Waals surface area (Å²) in [4.78, 5) is 11.2. The van der Waals surface area contributed by atoms with Gasteiger partial charge in [0.25, 0.3) is 0 Å². The minimum atomic E-state index is -0.951. The first-order valence-corrected chi connectivity index (χ1v) is 7.96. The van der Waals surface area contributed by atoms with E-state index in [1.165, 1.54) is 17.7 Å². The molecule has 0 heterocycles. The van der Waals surface area contributed by atoms with Crippen molar-refractivity contribution < 1.29 is 14.3 Å². The van der Waals surface area contributed by atoms with Crippen molar-refractivity contribution in [2.75, 3.05) is 0 Å². The van der Waals surface area contributed by atoms with Gasteiger partial charge in [0, 0.05) is 11.5 Å². The van der Waals surface area contributed by atoms with E-state index in [0.717, 1.165) is 11.1 Å². The zero-order valence-corrected chi connectivity index (χ0v) is 14.5. The Hall–Kier alpha value is -2.42. The molecule has 1 atom stereocenters. The van der Waals surface area contributed by atoms with Gasteiger partial charge < -0.3 is 5.11 Å². The molecule has 126 valence electrons. The maximum absolute atomic E-state index is 13.2. The zero-order valence-electron chi connectivity index (χ0n) is 14.5. The van der Waals surface area contributed by atoms with Gasteiger partial charge in [0.2, 0.25) is 0 Å². The molecule has 0 spiro atoms. The summed E-state index contributed by atoms with van der Waals surface area (Å²) in [6, 6.07) is 14.4. The molecule has 2 aromatic carbocycles. The molecule has 0 fully saturated rings. The van der Waals surface area contributed by atoms with Crippen molar-refractivity contribution in [3.8, 4) is 0 Å². The standard InChI is InChI=1S/C21H23FO2/c1-14(20(23)24)13-19(16-7-11-18(22)12-8-16)15-5-9-17(10-6-15)21(2,3)4/h5-13,19H,1-4H3,(H,23,24). The van der Waals surface area contributed by atoms with Crippen LogP contribution in [-0.4, -0.2) is 11.1 Å². The van der Waals surface area contributed by atoms with Crippen molar-refractivity contribution in [3.05, 3.63) is 82.7 Å². The van der Waals surface area contributed by atoms with Crippen molar-refractivity contribution in [2.24, 2.45) is 0 Å². The Labute approximate surface area is 142 Å². The quantitative estimate of drug-likeness (QED) is 0.776. The fourth-order valence-electron chi connectivity index (χ4n) is 2.57. The van der Waals surface area contributed by atoms with Gasteiger partial charge in [0.1, 0.15) is 5.82 Å². The van der Waals surface area contributed by atoms with E-state index < -0.39 is 5.97 Å². The van der Waals surface area contributed by atoms with Gasteiger partial charge in [-0.15, -0.1) is 0 Å². The third-order valence-corrected chi connectivity index (χ3v) is 4.12. The average molecular weight is 326 g/mol. The topological polar surface area (TPSA) is 37.3 Å². The molecule has 3 heteroatoms. The van der Waals surface area contributed by atoms with Gasteiger partial charge >= 0.3 is 5.97 Å². The Morgan fingerprint density at radius 1 is 1.00 bits per heavy atom. The predicted molar refractivity (Wildman–Crippen MR) is 94.8 cm³/mol. The molecule has 0 aromatic heterocycles. The van der Waals surface area contributed by atoms with Crippen LogP contribution >= 0.6 is 0 Å². The van der Waals surface area contributed by atoms with Crippen LogP contribution < -0.4 is 0 Å².